The van der Waals surface area contributed by atoms with Crippen LogP contribution < -0.4 is 16.4 Å². The topological polar surface area (TPSA) is 148 Å². The molecule has 9 nitrogen and oxygen atoms in total. The molecule has 0 aliphatic rings. The van der Waals surface area contributed by atoms with E-state index in [0.717, 1.165) is 0 Å². The first-order valence-electron chi connectivity index (χ1n) is 6.26. The molecule has 9 heteroatoms. The third-order valence-electron chi connectivity index (χ3n) is 2.06. The first-order chi connectivity index (χ1) is 9.55. The number of carbonyl (C=O) groups excluding carboxylic acids is 3. The third kappa shape index (κ3) is 9.38. The Hall–Kier alpha value is -2.16. The van der Waals surface area contributed by atoms with Crippen molar-refractivity contribution in [3.63, 3.8) is 0 Å². The van der Waals surface area contributed by atoms with Gasteiger partial charge in [-0.25, -0.2) is 4.79 Å². The summed E-state index contributed by atoms with van der Waals surface area (Å²) in [5.41, 5.74) is 4.28. The molecule has 1 atom stereocenters. The summed E-state index contributed by atoms with van der Waals surface area (Å²) >= 11 is 0. The van der Waals surface area contributed by atoms with E-state index in [1.54, 1.807) is 20.8 Å². The summed E-state index contributed by atoms with van der Waals surface area (Å²) in [6.45, 7) is 4.21. The van der Waals surface area contributed by atoms with Crippen LogP contribution in [-0.2, 0) is 23.9 Å². The molecule has 0 fully saturated rings. The number of nitrogens with one attached hydrogen (secondary N) is 2. The lowest BCUT2D eigenvalue weighted by Gasteiger charge is -2.21. The molecule has 0 bridgehead atoms. The number of hydrogen-bond donors (Lipinski definition) is 4. The molecule has 0 heterocycles. The molecule has 0 unspecified atom stereocenters. The Labute approximate surface area is 122 Å². The summed E-state index contributed by atoms with van der Waals surface area (Å²) in [4.78, 5) is 44.9. The van der Waals surface area contributed by atoms with Gasteiger partial charge in [0.1, 0.15) is 11.6 Å². The van der Waals surface area contributed by atoms with Crippen molar-refractivity contribution in [2.24, 2.45) is 5.73 Å². The van der Waals surface area contributed by atoms with Crippen LogP contribution in [0.4, 0.5) is 0 Å². The van der Waals surface area contributed by atoms with Crippen LogP contribution >= 0.6 is 0 Å². The Bertz CT molecular complexity index is 416. The first kappa shape index (κ1) is 18.8. The largest absolute Gasteiger partial charge is 0.480 e. The lowest BCUT2D eigenvalue weighted by Crippen LogP contribution is -2.47. The van der Waals surface area contributed by atoms with Crippen LogP contribution in [0, 0.1) is 0 Å². The standard InChI is InChI=1S/C12H21N3O6/c1-12(2,3)21-10(18)4-7(11(19)20)15-9(17)6-14-8(16)5-13/h7H,4-6,13H2,1-3H3,(H,14,16)(H,15,17)(H,19,20)/t7-/m0/s1. The average Bonchev–Trinajstić information content (AvgIpc) is 2.32. The van der Waals surface area contributed by atoms with Gasteiger partial charge in [0, 0.05) is 0 Å². The van der Waals surface area contributed by atoms with E-state index in [1.807, 2.05) is 0 Å². The maximum atomic E-state index is 11.5. The molecule has 0 saturated heterocycles. The van der Waals surface area contributed by atoms with Gasteiger partial charge in [-0.1, -0.05) is 0 Å². The molecule has 0 aliphatic carbocycles. The highest BCUT2D eigenvalue weighted by Crippen LogP contribution is 2.09. The van der Waals surface area contributed by atoms with Crippen LogP contribution in [0.25, 0.3) is 0 Å². The first-order valence-corrected chi connectivity index (χ1v) is 6.26. The molecular formula is C12H21N3O6. The lowest BCUT2D eigenvalue weighted by atomic mass is 10.1. The lowest BCUT2D eigenvalue weighted by molar-refractivity contribution is -0.158. The second kappa shape index (κ2) is 8.20. The van der Waals surface area contributed by atoms with E-state index in [2.05, 4.69) is 10.6 Å². The van der Waals surface area contributed by atoms with Gasteiger partial charge < -0.3 is 26.2 Å². The number of carboxylic acids is 1. The molecule has 2 amide bonds. The fourth-order valence-electron chi connectivity index (χ4n) is 1.25. The number of carboxylic acid groups (broad SMARTS) is 1. The fourth-order valence-corrected chi connectivity index (χ4v) is 1.25. The summed E-state index contributed by atoms with van der Waals surface area (Å²) < 4.78 is 4.98. The molecule has 5 N–H and O–H groups in total. The van der Waals surface area contributed by atoms with Crippen LogP contribution in [0.5, 0.6) is 0 Å². The highest BCUT2D eigenvalue weighted by molar-refractivity contribution is 5.90. The summed E-state index contributed by atoms with van der Waals surface area (Å²) in [7, 11) is 0. The number of hydrogen-bond acceptors (Lipinski definition) is 6. The van der Waals surface area contributed by atoms with Crippen LogP contribution in [0.3, 0.4) is 0 Å². The normalized spacial score (nSPS) is 12.2. The van der Waals surface area contributed by atoms with Crippen LogP contribution in [0.2, 0.25) is 0 Å². The van der Waals surface area contributed by atoms with Crippen molar-refractivity contribution < 1.29 is 29.0 Å². The molecule has 0 aliphatic heterocycles. The van der Waals surface area contributed by atoms with Crippen LogP contribution in [-0.4, -0.2) is 53.6 Å². The van der Waals surface area contributed by atoms with Gasteiger partial charge in [0.25, 0.3) is 0 Å². The molecule has 0 spiro atoms. The van der Waals surface area contributed by atoms with Crippen LogP contribution in [0.1, 0.15) is 27.2 Å². The third-order valence-corrected chi connectivity index (χ3v) is 2.06. The Kier molecular flexibility index (Phi) is 7.36. The smallest absolute Gasteiger partial charge is 0.326 e. The van der Waals surface area contributed by atoms with Gasteiger partial charge in [0.2, 0.25) is 11.8 Å². The number of carbonyl (C=O) groups is 4. The monoisotopic (exact) mass is 303 g/mol. The van der Waals surface area contributed by atoms with Crippen molar-refractivity contribution >= 4 is 23.8 Å². The molecule has 0 radical (unpaired) electrons. The Balaban J connectivity index is 4.43. The predicted molar refractivity (Wildman–Crippen MR) is 72.1 cm³/mol. The van der Waals surface area contributed by atoms with Crippen molar-refractivity contribution in [1.82, 2.24) is 10.6 Å². The maximum Gasteiger partial charge on any atom is 0.326 e. The zero-order valence-electron chi connectivity index (χ0n) is 12.3. The molecule has 0 aromatic heterocycles. The summed E-state index contributed by atoms with van der Waals surface area (Å²) in [5, 5.41) is 13.3. The number of nitrogens with two attached hydrogens (primary N) is 1. The Morgan fingerprint density at radius 2 is 1.76 bits per heavy atom. The minimum absolute atomic E-state index is 0.284. The number of aliphatic carboxylic acids is 1. The highest BCUT2D eigenvalue weighted by Gasteiger charge is 2.26. The zero-order chi connectivity index (χ0) is 16.6. The molecule has 0 rings (SSSR count). The van der Waals surface area contributed by atoms with Gasteiger partial charge in [0.05, 0.1) is 19.5 Å². The van der Waals surface area contributed by atoms with E-state index in [1.165, 1.54) is 0 Å². The molecular weight excluding hydrogens is 282 g/mol. The minimum Gasteiger partial charge on any atom is -0.480 e. The van der Waals surface area contributed by atoms with Gasteiger partial charge in [-0.15, -0.1) is 0 Å². The number of esters is 1. The highest BCUT2D eigenvalue weighted by atomic mass is 16.6. The molecule has 0 saturated carbocycles. The Morgan fingerprint density at radius 3 is 2.19 bits per heavy atom. The van der Waals surface area contributed by atoms with E-state index in [4.69, 9.17) is 15.6 Å². The van der Waals surface area contributed by atoms with Crippen molar-refractivity contribution in [3.8, 4) is 0 Å². The van der Waals surface area contributed by atoms with E-state index >= 15 is 0 Å². The van der Waals surface area contributed by atoms with Crippen molar-refractivity contribution in [2.75, 3.05) is 13.1 Å². The number of amides is 2. The van der Waals surface area contributed by atoms with Gasteiger partial charge in [-0.2, -0.15) is 0 Å². The number of ether oxygens (including phenoxy) is 1. The Morgan fingerprint density at radius 1 is 1.19 bits per heavy atom. The van der Waals surface area contributed by atoms with E-state index in [0.29, 0.717) is 0 Å². The van der Waals surface area contributed by atoms with Gasteiger partial charge in [-0.05, 0) is 20.8 Å². The summed E-state index contributed by atoms with van der Waals surface area (Å²) in [5.74, 6) is -3.42. The van der Waals surface area contributed by atoms with Crippen molar-refractivity contribution in [3.05, 3.63) is 0 Å². The second-order valence-electron chi connectivity index (χ2n) is 5.23. The van der Waals surface area contributed by atoms with E-state index in [9.17, 15) is 19.2 Å². The average molecular weight is 303 g/mol. The quantitative estimate of drug-likeness (QED) is 0.412. The number of rotatable bonds is 7. The van der Waals surface area contributed by atoms with Crippen LogP contribution in [0.15, 0.2) is 0 Å². The molecule has 0 aromatic carbocycles. The maximum absolute atomic E-state index is 11.5. The molecule has 0 aromatic rings. The summed E-state index contributed by atoms with van der Waals surface area (Å²) in [6, 6.07) is -1.43. The van der Waals surface area contributed by atoms with Gasteiger partial charge >= 0.3 is 11.9 Å². The fraction of sp³-hybridized carbons (Fsp3) is 0.667. The SMILES string of the molecule is CC(C)(C)OC(=O)C[C@H](NC(=O)CNC(=O)CN)C(=O)O. The van der Waals surface area contributed by atoms with Gasteiger partial charge in [-0.3, -0.25) is 14.4 Å². The van der Waals surface area contributed by atoms with Crippen molar-refractivity contribution in [1.29, 1.82) is 0 Å². The molecule has 21 heavy (non-hydrogen) atoms. The zero-order valence-corrected chi connectivity index (χ0v) is 12.3. The van der Waals surface area contributed by atoms with E-state index in [-0.39, 0.29) is 6.54 Å². The predicted octanol–water partition coefficient (Wildman–Crippen LogP) is -1.64. The minimum atomic E-state index is -1.43. The van der Waals surface area contributed by atoms with Crippen molar-refractivity contribution in [2.45, 2.75) is 38.8 Å². The molecule has 120 valence electrons. The summed E-state index contributed by atoms with van der Waals surface area (Å²) in [6.07, 6.45) is -0.511. The van der Waals surface area contributed by atoms with Gasteiger partial charge in [0.15, 0.2) is 0 Å². The second-order valence-corrected chi connectivity index (χ2v) is 5.23. The van der Waals surface area contributed by atoms with E-state index < -0.39 is 48.4 Å².